The molecule has 4 nitrogen and oxygen atoms in total. The Labute approximate surface area is 133 Å². The fourth-order valence-corrected chi connectivity index (χ4v) is 5.09. The molecule has 2 N–H and O–H groups in total. The Kier molecular flexibility index (Phi) is 4.07. The number of halogens is 1. The minimum Gasteiger partial charge on any atom is -0.326 e. The van der Waals surface area contributed by atoms with Crippen molar-refractivity contribution in [3.05, 3.63) is 50.7 Å². The van der Waals surface area contributed by atoms with E-state index in [0.29, 0.717) is 24.7 Å². The molecule has 0 aliphatic carbocycles. The lowest BCUT2D eigenvalue weighted by molar-refractivity contribution is 0.394. The smallest absolute Gasteiger partial charge is 0.243 e. The van der Waals surface area contributed by atoms with Crippen molar-refractivity contribution in [2.45, 2.75) is 24.4 Å². The Hall–Kier alpha value is -0.920. The van der Waals surface area contributed by atoms with Gasteiger partial charge in [0.05, 0.1) is 4.90 Å². The number of rotatable bonds is 3. The monoisotopic (exact) mass is 342 g/mol. The molecule has 1 aliphatic heterocycles. The molecule has 112 valence electrons. The highest BCUT2D eigenvalue weighted by atomic mass is 35.5. The minimum absolute atomic E-state index is 0.225. The summed E-state index contributed by atoms with van der Waals surface area (Å²) in [6, 6.07) is 6.73. The van der Waals surface area contributed by atoms with Crippen LogP contribution in [-0.4, -0.2) is 19.3 Å². The topological polar surface area (TPSA) is 63.4 Å². The van der Waals surface area contributed by atoms with Gasteiger partial charge in [-0.05, 0) is 41.1 Å². The third kappa shape index (κ3) is 2.74. The Balaban J connectivity index is 1.93. The van der Waals surface area contributed by atoms with Crippen LogP contribution in [0.2, 0.25) is 5.02 Å². The van der Waals surface area contributed by atoms with E-state index in [1.807, 2.05) is 11.4 Å². The highest BCUT2D eigenvalue weighted by Crippen LogP contribution is 2.29. The Morgan fingerprint density at radius 2 is 2.14 bits per heavy atom. The summed E-state index contributed by atoms with van der Waals surface area (Å²) in [5.74, 6) is 0. The zero-order valence-electron chi connectivity index (χ0n) is 11.3. The van der Waals surface area contributed by atoms with Crippen LogP contribution in [0.5, 0.6) is 0 Å². The standard InChI is InChI=1S/C14H15ClN2O2S2/c15-13-7-12(2-1-10(13)8-16)21(18,19)17-5-3-14-11(9-17)4-6-20-14/h1-2,4,6-7H,3,5,8-9,16H2. The molecular weight excluding hydrogens is 328 g/mol. The maximum absolute atomic E-state index is 12.7. The van der Waals surface area contributed by atoms with E-state index >= 15 is 0 Å². The zero-order chi connectivity index (χ0) is 15.0. The van der Waals surface area contributed by atoms with Crippen LogP contribution in [-0.2, 0) is 29.5 Å². The molecule has 2 aromatic rings. The van der Waals surface area contributed by atoms with Gasteiger partial charge >= 0.3 is 0 Å². The van der Waals surface area contributed by atoms with E-state index in [0.717, 1.165) is 17.5 Å². The summed E-state index contributed by atoms with van der Waals surface area (Å²) < 4.78 is 26.9. The molecular formula is C14H15ClN2O2S2. The maximum atomic E-state index is 12.7. The van der Waals surface area contributed by atoms with E-state index in [1.165, 1.54) is 15.2 Å². The lowest BCUT2D eigenvalue weighted by Gasteiger charge is -2.26. The van der Waals surface area contributed by atoms with Gasteiger partial charge in [0.25, 0.3) is 0 Å². The highest BCUT2D eigenvalue weighted by Gasteiger charge is 2.29. The second-order valence-electron chi connectivity index (χ2n) is 4.91. The second kappa shape index (κ2) is 5.70. The number of fused-ring (bicyclic) bond motifs is 1. The molecule has 1 aromatic heterocycles. The molecule has 0 saturated carbocycles. The van der Waals surface area contributed by atoms with E-state index in [4.69, 9.17) is 17.3 Å². The molecule has 0 spiro atoms. The molecule has 0 unspecified atom stereocenters. The van der Waals surface area contributed by atoms with E-state index in [9.17, 15) is 8.42 Å². The van der Waals surface area contributed by atoms with E-state index < -0.39 is 10.0 Å². The molecule has 0 atom stereocenters. The van der Waals surface area contributed by atoms with Crippen molar-refractivity contribution in [2.24, 2.45) is 5.73 Å². The highest BCUT2D eigenvalue weighted by molar-refractivity contribution is 7.89. The summed E-state index contributed by atoms with van der Waals surface area (Å²) in [5, 5.41) is 2.40. The van der Waals surface area contributed by atoms with Crippen molar-refractivity contribution < 1.29 is 8.42 Å². The number of nitrogens with zero attached hydrogens (tertiary/aromatic N) is 1. The van der Waals surface area contributed by atoms with Crippen molar-refractivity contribution in [3.63, 3.8) is 0 Å². The molecule has 1 aromatic carbocycles. The molecule has 21 heavy (non-hydrogen) atoms. The minimum atomic E-state index is -3.52. The lowest BCUT2D eigenvalue weighted by atomic mass is 10.1. The molecule has 0 radical (unpaired) electrons. The molecule has 3 rings (SSSR count). The summed E-state index contributed by atoms with van der Waals surface area (Å²) in [6.45, 7) is 1.23. The lowest BCUT2D eigenvalue weighted by Crippen LogP contribution is -2.35. The fourth-order valence-electron chi connectivity index (χ4n) is 2.43. The predicted molar refractivity (Wildman–Crippen MR) is 85.0 cm³/mol. The van der Waals surface area contributed by atoms with Gasteiger partial charge in [-0.1, -0.05) is 17.7 Å². The van der Waals surface area contributed by atoms with Crippen molar-refractivity contribution >= 4 is 33.0 Å². The van der Waals surface area contributed by atoms with E-state index in [1.54, 1.807) is 23.5 Å². The van der Waals surface area contributed by atoms with Crippen LogP contribution in [0.1, 0.15) is 16.0 Å². The SMILES string of the molecule is NCc1ccc(S(=O)(=O)N2CCc3sccc3C2)cc1Cl. The Morgan fingerprint density at radius 1 is 1.33 bits per heavy atom. The van der Waals surface area contributed by atoms with Crippen molar-refractivity contribution in [2.75, 3.05) is 6.54 Å². The van der Waals surface area contributed by atoms with Gasteiger partial charge < -0.3 is 5.73 Å². The summed E-state index contributed by atoms with van der Waals surface area (Å²) in [7, 11) is -3.52. The fraction of sp³-hybridized carbons (Fsp3) is 0.286. The van der Waals surface area contributed by atoms with Crippen LogP contribution in [0, 0.1) is 0 Å². The largest absolute Gasteiger partial charge is 0.326 e. The average Bonchev–Trinajstić information content (AvgIpc) is 2.94. The van der Waals surface area contributed by atoms with Gasteiger partial charge in [0, 0.05) is 29.5 Å². The molecule has 0 fully saturated rings. The quantitative estimate of drug-likeness (QED) is 0.932. The summed E-state index contributed by atoms with van der Waals surface area (Å²) in [6.07, 6.45) is 0.765. The average molecular weight is 343 g/mol. The predicted octanol–water partition coefficient (Wildman–Crippen LogP) is 2.61. The Bertz CT molecular complexity index is 771. The first-order valence-corrected chi connectivity index (χ1v) is 9.26. The van der Waals surface area contributed by atoms with E-state index in [2.05, 4.69) is 0 Å². The van der Waals surface area contributed by atoms with Crippen LogP contribution in [0.4, 0.5) is 0 Å². The van der Waals surface area contributed by atoms with Crippen LogP contribution in [0.25, 0.3) is 0 Å². The van der Waals surface area contributed by atoms with Gasteiger partial charge in [0.2, 0.25) is 10.0 Å². The van der Waals surface area contributed by atoms with Crippen LogP contribution < -0.4 is 5.73 Å². The third-order valence-electron chi connectivity index (χ3n) is 3.65. The number of benzene rings is 1. The first-order valence-electron chi connectivity index (χ1n) is 6.56. The number of sulfonamides is 1. The first kappa shape index (κ1) is 15.0. The number of hydrogen-bond donors (Lipinski definition) is 1. The first-order chi connectivity index (χ1) is 10.0. The van der Waals surface area contributed by atoms with Crippen molar-refractivity contribution in [1.82, 2.24) is 4.31 Å². The van der Waals surface area contributed by atoms with Crippen LogP contribution in [0.3, 0.4) is 0 Å². The van der Waals surface area contributed by atoms with Gasteiger partial charge in [-0.25, -0.2) is 8.42 Å². The molecule has 1 aliphatic rings. The molecule has 7 heteroatoms. The van der Waals surface area contributed by atoms with Gasteiger partial charge in [-0.15, -0.1) is 11.3 Å². The number of nitrogens with two attached hydrogens (primary N) is 1. The molecule has 0 bridgehead atoms. The number of thiophene rings is 1. The summed E-state index contributed by atoms with van der Waals surface area (Å²) in [5.41, 5.74) is 7.39. The van der Waals surface area contributed by atoms with Crippen molar-refractivity contribution in [3.8, 4) is 0 Å². The number of hydrogen-bond acceptors (Lipinski definition) is 4. The van der Waals surface area contributed by atoms with Gasteiger partial charge in [-0.2, -0.15) is 4.31 Å². The van der Waals surface area contributed by atoms with Gasteiger partial charge in [0.1, 0.15) is 0 Å². The summed E-state index contributed by atoms with van der Waals surface area (Å²) in [4.78, 5) is 1.50. The van der Waals surface area contributed by atoms with Gasteiger partial charge in [0.15, 0.2) is 0 Å². The maximum Gasteiger partial charge on any atom is 0.243 e. The molecule has 2 heterocycles. The molecule has 0 saturated heterocycles. The van der Waals surface area contributed by atoms with Crippen LogP contribution >= 0.6 is 22.9 Å². The summed E-state index contributed by atoms with van der Waals surface area (Å²) >= 11 is 7.76. The second-order valence-corrected chi connectivity index (χ2v) is 8.26. The zero-order valence-corrected chi connectivity index (χ0v) is 13.6. The normalized spacial score (nSPS) is 15.9. The van der Waals surface area contributed by atoms with Crippen LogP contribution in [0.15, 0.2) is 34.5 Å². The van der Waals surface area contributed by atoms with Crippen molar-refractivity contribution in [1.29, 1.82) is 0 Å². The molecule has 0 amide bonds. The Morgan fingerprint density at radius 3 is 2.86 bits per heavy atom. The van der Waals surface area contributed by atoms with E-state index in [-0.39, 0.29) is 4.90 Å². The van der Waals surface area contributed by atoms with Gasteiger partial charge in [-0.3, -0.25) is 0 Å². The third-order valence-corrected chi connectivity index (χ3v) is 6.87.